The minimum absolute atomic E-state index is 0.155. The third-order valence-electron chi connectivity index (χ3n) is 8.33. The summed E-state index contributed by atoms with van der Waals surface area (Å²) in [5.74, 6) is 0.500. The van der Waals surface area contributed by atoms with Crippen LogP contribution in [0.5, 0.6) is 5.75 Å². The zero-order valence-corrected chi connectivity index (χ0v) is 21.5. The molecule has 39 heavy (non-hydrogen) atoms. The average molecular weight is 524 g/mol. The lowest BCUT2D eigenvalue weighted by atomic mass is 9.86. The molecular formula is C30H29N5O4. The van der Waals surface area contributed by atoms with Crippen LogP contribution in [-0.2, 0) is 12.8 Å². The molecule has 0 saturated carbocycles. The van der Waals surface area contributed by atoms with Crippen LogP contribution in [0, 0.1) is 5.92 Å². The molecule has 4 aromatic rings. The molecule has 1 atom stereocenters. The normalized spacial score (nSPS) is 21.6. The lowest BCUT2D eigenvalue weighted by Crippen LogP contribution is -2.52. The van der Waals surface area contributed by atoms with Gasteiger partial charge in [0.15, 0.2) is 5.65 Å². The number of piperidine rings is 3. The zero-order chi connectivity index (χ0) is 26.5. The van der Waals surface area contributed by atoms with Gasteiger partial charge in [-0.2, -0.15) is 4.98 Å². The Balaban J connectivity index is 1.19. The van der Waals surface area contributed by atoms with Crippen LogP contribution >= 0.6 is 0 Å². The number of carboxylic acid groups (broad SMARTS) is 1. The number of aromatic carboxylic acids is 1. The van der Waals surface area contributed by atoms with Gasteiger partial charge in [0, 0.05) is 30.3 Å². The molecule has 0 radical (unpaired) electrons. The number of aromatic nitrogens is 3. The van der Waals surface area contributed by atoms with Gasteiger partial charge in [0.1, 0.15) is 17.4 Å². The van der Waals surface area contributed by atoms with Crippen molar-refractivity contribution in [1.82, 2.24) is 19.4 Å². The first-order valence-electron chi connectivity index (χ1n) is 13.6. The summed E-state index contributed by atoms with van der Waals surface area (Å²) in [6.07, 6.45) is 8.53. The number of carboxylic acids is 1. The molecule has 1 unspecified atom stereocenters. The number of nitrogens with one attached hydrogen (secondary N) is 1. The molecule has 3 aliphatic heterocycles. The highest BCUT2D eigenvalue weighted by molar-refractivity contribution is 5.92. The van der Waals surface area contributed by atoms with Gasteiger partial charge in [-0.15, -0.1) is 0 Å². The van der Waals surface area contributed by atoms with Crippen molar-refractivity contribution in [2.45, 2.75) is 38.2 Å². The first kappa shape index (κ1) is 23.8. The Labute approximate surface area is 225 Å². The van der Waals surface area contributed by atoms with Crippen LogP contribution in [0.3, 0.4) is 0 Å². The topological polar surface area (TPSA) is 110 Å². The molecular weight excluding hydrogens is 494 g/mol. The summed E-state index contributed by atoms with van der Waals surface area (Å²) >= 11 is 0. The Bertz CT molecular complexity index is 1640. The van der Waals surface area contributed by atoms with Crippen LogP contribution in [0.25, 0.3) is 16.7 Å². The molecule has 2 aromatic carbocycles. The van der Waals surface area contributed by atoms with E-state index in [2.05, 4.69) is 32.3 Å². The fourth-order valence-electron chi connectivity index (χ4n) is 6.19. The smallest absolute Gasteiger partial charge is 0.341 e. The molecule has 4 aliphatic rings. The predicted octanol–water partition coefficient (Wildman–Crippen LogP) is 4.18. The first-order chi connectivity index (χ1) is 19.0. The van der Waals surface area contributed by atoms with E-state index in [0.717, 1.165) is 42.9 Å². The Kier molecular flexibility index (Phi) is 5.81. The van der Waals surface area contributed by atoms with E-state index < -0.39 is 11.4 Å². The number of nitrogens with zero attached hydrogens (tertiary/aromatic N) is 4. The number of fused-ring (bicyclic) bond motifs is 5. The molecule has 2 N–H and O–H groups in total. The molecule has 0 spiro atoms. The molecule has 9 nitrogen and oxygen atoms in total. The molecule has 8 rings (SSSR count). The summed E-state index contributed by atoms with van der Waals surface area (Å²) in [6, 6.07) is 13.8. The number of benzene rings is 2. The van der Waals surface area contributed by atoms with Crippen molar-refractivity contribution < 1.29 is 14.6 Å². The minimum atomic E-state index is -1.28. The van der Waals surface area contributed by atoms with Gasteiger partial charge in [-0.05, 0) is 98.6 Å². The van der Waals surface area contributed by atoms with Gasteiger partial charge in [-0.1, -0.05) is 6.07 Å². The Morgan fingerprint density at radius 3 is 2.59 bits per heavy atom. The number of rotatable bonds is 6. The van der Waals surface area contributed by atoms with Crippen LogP contribution < -0.4 is 15.5 Å². The van der Waals surface area contributed by atoms with Crippen LogP contribution in [0.2, 0.25) is 0 Å². The summed E-state index contributed by atoms with van der Waals surface area (Å²) in [6.45, 7) is 3.35. The van der Waals surface area contributed by atoms with Gasteiger partial charge in [0.05, 0.1) is 5.39 Å². The second kappa shape index (κ2) is 9.50. The number of hydrogen-bond acceptors (Lipinski definition) is 7. The molecule has 5 heterocycles. The largest absolute Gasteiger partial charge is 0.489 e. The molecule has 3 fully saturated rings. The fourth-order valence-corrected chi connectivity index (χ4v) is 6.19. The molecule has 9 heteroatoms. The van der Waals surface area contributed by atoms with E-state index in [0.29, 0.717) is 17.5 Å². The lowest BCUT2D eigenvalue weighted by Gasteiger charge is -2.44. The van der Waals surface area contributed by atoms with E-state index >= 15 is 0 Å². The molecule has 2 bridgehead atoms. The minimum Gasteiger partial charge on any atom is -0.489 e. The van der Waals surface area contributed by atoms with Crippen molar-refractivity contribution in [3.05, 3.63) is 81.8 Å². The van der Waals surface area contributed by atoms with Gasteiger partial charge in [0.25, 0.3) is 0 Å². The van der Waals surface area contributed by atoms with Gasteiger partial charge in [-0.25, -0.2) is 9.78 Å². The summed E-state index contributed by atoms with van der Waals surface area (Å²) < 4.78 is 7.98. The number of pyridine rings is 1. The number of ether oxygens (including phenoxy) is 1. The van der Waals surface area contributed by atoms with Crippen molar-refractivity contribution in [2.75, 3.05) is 25.0 Å². The van der Waals surface area contributed by atoms with E-state index in [1.54, 1.807) is 4.57 Å². The highest BCUT2D eigenvalue weighted by Gasteiger charge is 2.35. The predicted molar refractivity (Wildman–Crippen MR) is 147 cm³/mol. The number of carbonyl (C=O) groups is 1. The maximum atomic E-state index is 12.9. The molecule has 198 valence electrons. The molecule has 3 saturated heterocycles. The Morgan fingerprint density at radius 2 is 1.85 bits per heavy atom. The number of hydrogen-bond donors (Lipinski definition) is 2. The van der Waals surface area contributed by atoms with Gasteiger partial charge < -0.3 is 19.7 Å². The van der Waals surface area contributed by atoms with Crippen LogP contribution in [0.4, 0.5) is 11.6 Å². The van der Waals surface area contributed by atoms with Crippen molar-refractivity contribution in [3.8, 4) is 11.4 Å². The standard InChI is InChI=1S/C30H29N5O4/c36-27-24-15-31-30(32-21-5-8-23(9-6-21)39-26-17-34-12-10-19(26)11-13-34)33-28(24)35(16-25(27)29(37)38)22-7-4-18-2-1-3-20(18)14-22/h4-9,14-16,19,26H,1-3,10-13,17H2,(H,37,38)(H,31,32,33). The third-order valence-corrected chi connectivity index (χ3v) is 8.33. The molecule has 1 aliphatic carbocycles. The molecule has 2 aromatic heterocycles. The van der Waals surface area contributed by atoms with E-state index in [4.69, 9.17) is 4.74 Å². The lowest BCUT2D eigenvalue weighted by molar-refractivity contribution is -0.00775. The van der Waals surface area contributed by atoms with Crippen LogP contribution in [0.15, 0.2) is 59.7 Å². The fraction of sp³-hybridized carbons (Fsp3) is 0.333. The number of anilines is 2. The maximum absolute atomic E-state index is 12.9. The second-order valence-electron chi connectivity index (χ2n) is 10.7. The van der Waals surface area contributed by atoms with Crippen molar-refractivity contribution in [2.24, 2.45) is 5.92 Å². The van der Waals surface area contributed by atoms with E-state index in [1.165, 1.54) is 49.5 Å². The Hall–Kier alpha value is -4.24. The SMILES string of the molecule is O=C(O)c1cn(-c2ccc3c(c2)CCC3)c2nc(Nc3ccc(OC4CN5CCC4CC5)cc3)ncc2c1=O. The van der Waals surface area contributed by atoms with E-state index in [1.807, 2.05) is 30.3 Å². The van der Waals surface area contributed by atoms with Crippen molar-refractivity contribution in [1.29, 1.82) is 0 Å². The van der Waals surface area contributed by atoms with Crippen LogP contribution in [-0.4, -0.2) is 56.2 Å². The average Bonchev–Trinajstić information content (AvgIpc) is 3.43. The second-order valence-corrected chi connectivity index (χ2v) is 10.7. The summed E-state index contributed by atoms with van der Waals surface area (Å²) in [7, 11) is 0. The Morgan fingerprint density at radius 1 is 1.05 bits per heavy atom. The third kappa shape index (κ3) is 4.42. The van der Waals surface area contributed by atoms with E-state index in [-0.39, 0.29) is 17.1 Å². The van der Waals surface area contributed by atoms with Crippen molar-refractivity contribution in [3.63, 3.8) is 0 Å². The summed E-state index contributed by atoms with van der Waals surface area (Å²) in [5.41, 5.74) is 3.53. The summed E-state index contributed by atoms with van der Waals surface area (Å²) in [4.78, 5) is 36.3. The highest BCUT2D eigenvalue weighted by Crippen LogP contribution is 2.31. The monoisotopic (exact) mass is 523 g/mol. The first-order valence-corrected chi connectivity index (χ1v) is 13.6. The zero-order valence-electron chi connectivity index (χ0n) is 21.5. The summed E-state index contributed by atoms with van der Waals surface area (Å²) in [5, 5.41) is 13.0. The van der Waals surface area contributed by atoms with Crippen molar-refractivity contribution >= 4 is 28.6 Å². The van der Waals surface area contributed by atoms with Gasteiger partial charge in [0.2, 0.25) is 11.4 Å². The van der Waals surface area contributed by atoms with Crippen LogP contribution in [0.1, 0.15) is 40.7 Å². The van der Waals surface area contributed by atoms with E-state index in [9.17, 15) is 14.7 Å². The number of aryl methyl sites for hydroxylation is 2. The highest BCUT2D eigenvalue weighted by atomic mass is 16.5. The molecule has 0 amide bonds. The van der Waals surface area contributed by atoms with Gasteiger partial charge in [-0.3, -0.25) is 9.69 Å². The quantitative estimate of drug-likeness (QED) is 0.387. The van der Waals surface area contributed by atoms with Gasteiger partial charge >= 0.3 is 5.97 Å². The maximum Gasteiger partial charge on any atom is 0.341 e.